The maximum Gasteiger partial charge on any atom is 0.332 e. The van der Waals surface area contributed by atoms with Crippen LogP contribution in [0.4, 0.5) is 8.78 Å². The first-order valence-corrected chi connectivity index (χ1v) is 11.4. The number of aromatic amines is 1. The van der Waals surface area contributed by atoms with E-state index in [0.29, 0.717) is 39.7 Å². The van der Waals surface area contributed by atoms with Gasteiger partial charge in [0.05, 0.1) is 24.9 Å². The molecule has 7 nitrogen and oxygen atoms in total. The zero-order valence-electron chi connectivity index (χ0n) is 20.0. The van der Waals surface area contributed by atoms with Gasteiger partial charge in [0.1, 0.15) is 11.3 Å². The Hall–Kier alpha value is -3.30. The van der Waals surface area contributed by atoms with Crippen LogP contribution in [-0.4, -0.2) is 52.3 Å². The van der Waals surface area contributed by atoms with Gasteiger partial charge in [0.25, 0.3) is 0 Å². The van der Waals surface area contributed by atoms with Crippen LogP contribution >= 0.6 is 0 Å². The van der Waals surface area contributed by atoms with Crippen molar-refractivity contribution in [3.8, 4) is 5.69 Å². The molecule has 0 spiro atoms. The average Bonchev–Trinajstić information content (AvgIpc) is 3.52. The van der Waals surface area contributed by atoms with Crippen molar-refractivity contribution >= 4 is 27.8 Å². The maximum absolute atomic E-state index is 16.2. The summed E-state index contributed by atoms with van der Waals surface area (Å²) in [6.45, 7) is 6.15. The number of hydrogen-bond donors (Lipinski definition) is 2. The van der Waals surface area contributed by atoms with Crippen LogP contribution in [0.5, 0.6) is 0 Å². The molecule has 2 aromatic carbocycles. The Bertz CT molecular complexity index is 1460. The highest BCUT2D eigenvalue weighted by molar-refractivity contribution is 6.00. The van der Waals surface area contributed by atoms with Gasteiger partial charge in [0.2, 0.25) is 0 Å². The van der Waals surface area contributed by atoms with Crippen molar-refractivity contribution in [2.75, 3.05) is 20.3 Å². The summed E-state index contributed by atoms with van der Waals surface area (Å²) in [5.74, 6) is -2.20. The van der Waals surface area contributed by atoms with Crippen LogP contribution in [0.3, 0.4) is 0 Å². The first kappa shape index (κ1) is 23.4. The zero-order valence-corrected chi connectivity index (χ0v) is 20.0. The summed E-state index contributed by atoms with van der Waals surface area (Å²) in [6, 6.07) is 6.65. The zero-order chi connectivity index (χ0) is 25.1. The summed E-state index contributed by atoms with van der Waals surface area (Å²) < 4.78 is 43.5. The fourth-order valence-corrected chi connectivity index (χ4v) is 5.36. The number of ether oxygens (including phenoxy) is 2. The molecular weight excluding hydrogens is 456 g/mol. The van der Waals surface area contributed by atoms with Crippen LogP contribution < -0.4 is 0 Å². The number of aryl methyl sites for hydroxylation is 1. The van der Waals surface area contributed by atoms with Crippen LogP contribution in [0.15, 0.2) is 30.5 Å². The number of benzene rings is 2. The first-order chi connectivity index (χ1) is 16.6. The van der Waals surface area contributed by atoms with Crippen molar-refractivity contribution in [2.45, 2.75) is 44.6 Å². The largest absolute Gasteiger partial charge is 0.479 e. The number of nitrogens with one attached hydrogen (secondary N) is 1. The summed E-state index contributed by atoms with van der Waals surface area (Å²) in [4.78, 5) is 11.7. The SMILES string of the molecule is COCC(C)(C)c1c(C2CO[C@H](C(=O)O)C2)c2c(F)c3[nH]ncc3cc2n1-c1ccc(F)c(C)c1. The molecule has 35 heavy (non-hydrogen) atoms. The molecule has 0 aliphatic carbocycles. The van der Waals surface area contributed by atoms with Crippen molar-refractivity contribution in [3.05, 3.63) is 58.9 Å². The molecule has 0 bridgehead atoms. The highest BCUT2D eigenvalue weighted by atomic mass is 19.1. The van der Waals surface area contributed by atoms with E-state index in [1.54, 1.807) is 32.4 Å². The minimum absolute atomic E-state index is 0.148. The predicted molar refractivity (Wildman–Crippen MR) is 127 cm³/mol. The third kappa shape index (κ3) is 3.70. The van der Waals surface area contributed by atoms with Gasteiger partial charge in [-0.2, -0.15) is 5.10 Å². The Morgan fingerprint density at radius 3 is 2.77 bits per heavy atom. The van der Waals surface area contributed by atoms with E-state index in [-0.39, 0.29) is 30.3 Å². The number of carboxylic acid groups (broad SMARTS) is 1. The summed E-state index contributed by atoms with van der Waals surface area (Å²) in [5, 5.41) is 17.3. The normalized spacial score (nSPS) is 18.7. The molecule has 184 valence electrons. The van der Waals surface area contributed by atoms with Crippen molar-refractivity contribution in [1.82, 2.24) is 14.8 Å². The topological polar surface area (TPSA) is 89.4 Å². The van der Waals surface area contributed by atoms with E-state index in [0.717, 1.165) is 5.69 Å². The molecule has 1 saturated heterocycles. The third-order valence-electron chi connectivity index (χ3n) is 6.87. The third-order valence-corrected chi connectivity index (χ3v) is 6.87. The van der Waals surface area contributed by atoms with Crippen molar-refractivity contribution in [2.24, 2.45) is 0 Å². The Balaban J connectivity index is 1.92. The monoisotopic (exact) mass is 483 g/mol. The fourth-order valence-electron chi connectivity index (χ4n) is 5.36. The minimum Gasteiger partial charge on any atom is -0.479 e. The second-order valence-electron chi connectivity index (χ2n) is 9.86. The lowest BCUT2D eigenvalue weighted by Crippen LogP contribution is -2.29. The average molecular weight is 484 g/mol. The second-order valence-corrected chi connectivity index (χ2v) is 9.86. The molecule has 0 amide bonds. The molecule has 3 heterocycles. The summed E-state index contributed by atoms with van der Waals surface area (Å²) in [5.41, 5.74) is 2.86. The van der Waals surface area contributed by atoms with Crippen molar-refractivity contribution in [3.63, 3.8) is 0 Å². The summed E-state index contributed by atoms with van der Waals surface area (Å²) in [7, 11) is 1.60. The Labute approximate surface area is 200 Å². The molecule has 2 N–H and O–H groups in total. The number of H-pyrrole nitrogens is 1. The number of halogens is 2. The highest BCUT2D eigenvalue weighted by Gasteiger charge is 2.40. The number of aliphatic carboxylic acids is 1. The first-order valence-electron chi connectivity index (χ1n) is 11.4. The number of methoxy groups -OCH3 is 1. The van der Waals surface area contributed by atoms with Crippen LogP contribution in [0, 0.1) is 18.6 Å². The van der Waals surface area contributed by atoms with Crippen LogP contribution in [0.2, 0.25) is 0 Å². The molecule has 2 aromatic heterocycles. The second kappa shape index (κ2) is 8.42. The van der Waals surface area contributed by atoms with Gasteiger partial charge in [0.15, 0.2) is 11.9 Å². The van der Waals surface area contributed by atoms with Crippen LogP contribution in [0.25, 0.3) is 27.5 Å². The number of carboxylic acids is 1. The van der Waals surface area contributed by atoms with Gasteiger partial charge in [0, 0.05) is 40.6 Å². The fraction of sp³-hybridized carbons (Fsp3) is 0.385. The minimum atomic E-state index is -1.04. The molecule has 1 fully saturated rings. The van der Waals surface area contributed by atoms with E-state index in [2.05, 4.69) is 10.2 Å². The number of carbonyl (C=O) groups is 1. The van der Waals surface area contributed by atoms with Gasteiger partial charge < -0.3 is 19.1 Å². The summed E-state index contributed by atoms with van der Waals surface area (Å²) in [6.07, 6.45) is 0.806. The van der Waals surface area contributed by atoms with Gasteiger partial charge in [-0.05, 0) is 48.7 Å². The van der Waals surface area contributed by atoms with E-state index in [1.165, 1.54) is 6.07 Å². The standard InChI is InChI=1S/C26H27F2N3O4/c1-13-7-16(5-6-17(13)27)31-18-8-14-10-29-30-23(14)22(28)21(18)20(24(31)26(2,3)12-34-4)15-9-19(25(32)33)35-11-15/h5-8,10,15,19H,9,11-12H2,1-4H3,(H,29,30)(H,32,33)/t15?,19-/m0/s1. The number of rotatable bonds is 6. The van der Waals surface area contributed by atoms with E-state index < -0.39 is 23.3 Å². The molecule has 2 atom stereocenters. The van der Waals surface area contributed by atoms with E-state index in [4.69, 9.17) is 9.47 Å². The highest BCUT2D eigenvalue weighted by Crippen LogP contribution is 2.46. The van der Waals surface area contributed by atoms with Crippen LogP contribution in [0.1, 0.15) is 43.0 Å². The van der Waals surface area contributed by atoms with Crippen molar-refractivity contribution < 1.29 is 28.2 Å². The van der Waals surface area contributed by atoms with Gasteiger partial charge in [-0.25, -0.2) is 13.6 Å². The van der Waals surface area contributed by atoms with Gasteiger partial charge in [-0.1, -0.05) is 13.8 Å². The summed E-state index contributed by atoms with van der Waals surface area (Å²) >= 11 is 0. The number of fused-ring (bicyclic) bond motifs is 2. The lowest BCUT2D eigenvalue weighted by Gasteiger charge is -2.29. The molecule has 1 aliphatic rings. The Morgan fingerprint density at radius 2 is 2.11 bits per heavy atom. The van der Waals surface area contributed by atoms with E-state index in [1.807, 2.05) is 24.5 Å². The predicted octanol–water partition coefficient (Wildman–Crippen LogP) is 4.97. The molecule has 9 heteroatoms. The van der Waals surface area contributed by atoms with E-state index >= 15 is 4.39 Å². The molecule has 0 saturated carbocycles. The molecule has 1 unspecified atom stereocenters. The van der Waals surface area contributed by atoms with E-state index in [9.17, 15) is 14.3 Å². The Morgan fingerprint density at radius 1 is 1.34 bits per heavy atom. The van der Waals surface area contributed by atoms with Crippen molar-refractivity contribution in [1.29, 1.82) is 0 Å². The quantitative estimate of drug-likeness (QED) is 0.404. The molecule has 4 aromatic rings. The molecule has 5 rings (SSSR count). The van der Waals surface area contributed by atoms with Gasteiger partial charge >= 0.3 is 5.97 Å². The Kier molecular flexibility index (Phi) is 5.64. The van der Waals surface area contributed by atoms with Crippen LogP contribution in [-0.2, 0) is 19.7 Å². The molecule has 1 aliphatic heterocycles. The maximum atomic E-state index is 16.2. The molecule has 0 radical (unpaired) electrons. The smallest absolute Gasteiger partial charge is 0.332 e. The number of hydrogen-bond acceptors (Lipinski definition) is 4. The molecular formula is C26H27F2N3O4. The van der Waals surface area contributed by atoms with Gasteiger partial charge in [-0.15, -0.1) is 0 Å². The lowest BCUT2D eigenvalue weighted by molar-refractivity contribution is -0.147. The number of aromatic nitrogens is 3. The van der Waals surface area contributed by atoms with Gasteiger partial charge in [-0.3, -0.25) is 5.10 Å². The number of nitrogens with zero attached hydrogens (tertiary/aromatic N) is 2. The lowest BCUT2D eigenvalue weighted by atomic mass is 9.82.